The van der Waals surface area contributed by atoms with Crippen molar-refractivity contribution in [3.63, 3.8) is 0 Å². The lowest BCUT2D eigenvalue weighted by Crippen LogP contribution is -2.67. The van der Waals surface area contributed by atoms with Gasteiger partial charge in [0.25, 0.3) is 0 Å². The molecule has 0 aromatic rings. The summed E-state index contributed by atoms with van der Waals surface area (Å²) in [7, 11) is 0. The average molecular weight is 767 g/mol. The number of aliphatic hydroxyl groups excluding tert-OH is 6. The second kappa shape index (κ2) is 13.4. The van der Waals surface area contributed by atoms with Gasteiger partial charge in [0.2, 0.25) is 0 Å². The van der Waals surface area contributed by atoms with Gasteiger partial charge in [0.15, 0.2) is 18.4 Å². The van der Waals surface area contributed by atoms with Crippen LogP contribution in [0.15, 0.2) is 11.6 Å². The molecule has 13 nitrogen and oxygen atoms in total. The molecule has 13 heteroatoms. The molecule has 20 atom stereocenters. The van der Waals surface area contributed by atoms with Crippen LogP contribution in [0.4, 0.5) is 0 Å². The Hall–Kier alpha value is -0.780. The van der Waals surface area contributed by atoms with Crippen molar-refractivity contribution in [3.8, 4) is 0 Å². The van der Waals surface area contributed by atoms with Gasteiger partial charge in [-0.15, -0.1) is 0 Å². The SMILES string of the molecule is CC(C)=C[C@H]1C[C@](C)(O)C2[C@H]3CCC4[C@@]5(C)CC[C@H](O[C@@H]6O[C@H](CO)[C@@H](O)[C@H](O)[C@H]6O[C@@H]6O[C@H](CO)[C@@H](O)[C@@H]6O)C(C)(C)C5CC[C@@]4(C)[C@@]34CO[C@@]2(C4)O1. The Kier molecular flexibility index (Phi) is 9.91. The van der Waals surface area contributed by atoms with E-state index in [2.05, 4.69) is 47.6 Å². The summed E-state index contributed by atoms with van der Waals surface area (Å²) in [5, 5.41) is 74.8. The molecule has 2 spiro atoms. The molecule has 8 rings (SSSR count). The summed E-state index contributed by atoms with van der Waals surface area (Å²) >= 11 is 0. The van der Waals surface area contributed by atoms with Gasteiger partial charge in [0.1, 0.15) is 42.7 Å². The van der Waals surface area contributed by atoms with E-state index in [1.165, 1.54) is 5.57 Å². The highest BCUT2D eigenvalue weighted by atomic mass is 16.8. The molecule has 4 heterocycles. The van der Waals surface area contributed by atoms with Crippen LogP contribution in [-0.2, 0) is 28.4 Å². The van der Waals surface area contributed by atoms with Gasteiger partial charge in [0.05, 0.1) is 37.6 Å². The van der Waals surface area contributed by atoms with E-state index in [-0.39, 0.29) is 45.7 Å². The van der Waals surface area contributed by atoms with Gasteiger partial charge in [-0.2, -0.15) is 0 Å². The Bertz CT molecular complexity index is 1450. The molecular formula is C41H66O13. The van der Waals surface area contributed by atoms with Gasteiger partial charge in [-0.25, -0.2) is 0 Å². The van der Waals surface area contributed by atoms with E-state index in [0.29, 0.717) is 31.3 Å². The second-order valence-electron chi connectivity index (χ2n) is 20.1. The second-order valence-corrected chi connectivity index (χ2v) is 20.1. The Balaban J connectivity index is 1.04. The van der Waals surface area contributed by atoms with Gasteiger partial charge >= 0.3 is 0 Å². The summed E-state index contributed by atoms with van der Waals surface area (Å²) in [4.78, 5) is 0. The lowest BCUT2D eigenvalue weighted by Gasteiger charge is -2.70. The van der Waals surface area contributed by atoms with E-state index in [1.807, 2.05) is 6.92 Å². The van der Waals surface area contributed by atoms with Crippen LogP contribution in [0.25, 0.3) is 0 Å². The number of hydrogen-bond donors (Lipinski definition) is 7. The summed E-state index contributed by atoms with van der Waals surface area (Å²) in [6.45, 7) is 15.2. The molecule has 7 N–H and O–H groups in total. The van der Waals surface area contributed by atoms with Gasteiger partial charge in [0, 0.05) is 24.2 Å². The highest BCUT2D eigenvalue weighted by molar-refractivity contribution is 5.26. The van der Waals surface area contributed by atoms with Crippen molar-refractivity contribution in [2.45, 2.75) is 179 Å². The van der Waals surface area contributed by atoms with Gasteiger partial charge in [-0.3, -0.25) is 0 Å². The summed E-state index contributed by atoms with van der Waals surface area (Å²) < 4.78 is 38.1. The number of hydrogen-bond acceptors (Lipinski definition) is 13. The fourth-order valence-corrected chi connectivity index (χ4v) is 14.4. The van der Waals surface area contributed by atoms with Crippen LogP contribution in [0.2, 0.25) is 0 Å². The molecule has 0 radical (unpaired) electrons. The van der Waals surface area contributed by atoms with Crippen molar-refractivity contribution < 1.29 is 64.2 Å². The maximum atomic E-state index is 12.1. The van der Waals surface area contributed by atoms with Crippen molar-refractivity contribution in [1.29, 1.82) is 0 Å². The monoisotopic (exact) mass is 766 g/mol. The van der Waals surface area contributed by atoms with Crippen LogP contribution in [0.1, 0.15) is 99.8 Å². The van der Waals surface area contributed by atoms with Crippen molar-refractivity contribution in [3.05, 3.63) is 11.6 Å². The molecule has 8 fully saturated rings. The minimum Gasteiger partial charge on any atom is -0.394 e. The largest absolute Gasteiger partial charge is 0.394 e. The molecule has 0 aromatic carbocycles. The molecule has 54 heavy (non-hydrogen) atoms. The van der Waals surface area contributed by atoms with Crippen LogP contribution in [0.5, 0.6) is 0 Å². The van der Waals surface area contributed by atoms with Gasteiger partial charge in [-0.05, 0) is 93.3 Å². The molecular weight excluding hydrogens is 700 g/mol. The topological polar surface area (TPSA) is 197 Å². The van der Waals surface area contributed by atoms with E-state index in [0.717, 1.165) is 38.5 Å². The first-order chi connectivity index (χ1) is 25.3. The predicted molar refractivity (Wildman–Crippen MR) is 192 cm³/mol. The number of rotatable bonds is 7. The summed E-state index contributed by atoms with van der Waals surface area (Å²) in [5.74, 6) is 0.176. The Morgan fingerprint density at radius 2 is 1.44 bits per heavy atom. The summed E-state index contributed by atoms with van der Waals surface area (Å²) in [6, 6.07) is 0. The fraction of sp³-hybridized carbons (Fsp3) is 0.951. The molecule has 2 bridgehead atoms. The molecule has 4 saturated heterocycles. The number of fused-ring (bicyclic) bond motifs is 4. The third kappa shape index (κ3) is 5.58. The van der Waals surface area contributed by atoms with E-state index < -0.39 is 79.9 Å². The Labute approximate surface area is 319 Å². The first-order valence-electron chi connectivity index (χ1n) is 20.5. The maximum Gasteiger partial charge on any atom is 0.187 e. The molecule has 4 aliphatic heterocycles. The van der Waals surface area contributed by atoms with Crippen LogP contribution < -0.4 is 0 Å². The lowest BCUT2D eigenvalue weighted by molar-refractivity contribution is -0.358. The molecule has 3 unspecified atom stereocenters. The lowest BCUT2D eigenvalue weighted by atomic mass is 9.35. The van der Waals surface area contributed by atoms with Crippen LogP contribution in [-0.4, -0.2) is 134 Å². The van der Waals surface area contributed by atoms with E-state index in [1.54, 1.807) is 0 Å². The Morgan fingerprint density at radius 1 is 0.778 bits per heavy atom. The molecule has 4 saturated carbocycles. The van der Waals surface area contributed by atoms with Gasteiger partial charge in [-0.1, -0.05) is 39.3 Å². The van der Waals surface area contributed by atoms with Crippen molar-refractivity contribution >= 4 is 0 Å². The minimum absolute atomic E-state index is 0.0164. The highest BCUT2D eigenvalue weighted by Crippen LogP contribution is 2.80. The van der Waals surface area contributed by atoms with E-state index >= 15 is 0 Å². The average Bonchev–Trinajstić information content (AvgIpc) is 3.71. The van der Waals surface area contributed by atoms with Crippen molar-refractivity contribution in [1.82, 2.24) is 0 Å². The van der Waals surface area contributed by atoms with Crippen molar-refractivity contribution in [2.75, 3.05) is 19.8 Å². The number of aliphatic hydroxyl groups is 7. The normalized spacial score (nSPS) is 57.5. The summed E-state index contributed by atoms with van der Waals surface area (Å²) in [6.07, 6.45) is -3.44. The molecule has 8 aliphatic rings. The first-order valence-corrected chi connectivity index (χ1v) is 20.5. The third-order valence-corrected chi connectivity index (χ3v) is 16.7. The summed E-state index contributed by atoms with van der Waals surface area (Å²) in [5.41, 5.74) is -0.203. The molecule has 4 aliphatic carbocycles. The molecule has 308 valence electrons. The standard InChI is InChI=1S/C41H66O13/c1-20(2)14-21-15-39(7,48)33-22-8-9-26-37(5)12-11-27(36(3,4)25(37)10-13-38(26,6)40(22)18-41(33,54-21)49-19-40)52-35-32(30(46)28(44)23(16-42)51-35)53-34-31(47)29(45)24(17-43)50-34/h14,21-35,42-48H,8-13,15-19H2,1-7H3/t21-,22+,23+,24+,25?,26?,27-,28+,29+,30-,31-,32+,33?,34-,35-,37-,38+,39-,40-,41-/m0/s1. The van der Waals surface area contributed by atoms with Crippen LogP contribution in [0.3, 0.4) is 0 Å². The maximum absolute atomic E-state index is 12.1. The number of ether oxygens (including phenoxy) is 6. The predicted octanol–water partition coefficient (Wildman–Crippen LogP) is 2.14. The van der Waals surface area contributed by atoms with Crippen LogP contribution >= 0.6 is 0 Å². The zero-order valence-corrected chi connectivity index (χ0v) is 33.1. The fourth-order valence-electron chi connectivity index (χ4n) is 14.4. The van der Waals surface area contributed by atoms with E-state index in [4.69, 9.17) is 28.4 Å². The first kappa shape index (κ1) is 40.0. The zero-order valence-electron chi connectivity index (χ0n) is 33.1. The van der Waals surface area contributed by atoms with Crippen molar-refractivity contribution in [2.24, 2.45) is 45.3 Å². The molecule has 0 amide bonds. The number of allylic oxidation sites excluding steroid dienone is 1. The molecule has 0 aromatic heterocycles. The van der Waals surface area contributed by atoms with Gasteiger partial charge < -0.3 is 64.2 Å². The third-order valence-electron chi connectivity index (χ3n) is 16.7. The Morgan fingerprint density at radius 3 is 2.11 bits per heavy atom. The quantitative estimate of drug-likeness (QED) is 0.147. The van der Waals surface area contributed by atoms with Crippen LogP contribution in [0, 0.1) is 45.3 Å². The van der Waals surface area contributed by atoms with E-state index in [9.17, 15) is 35.7 Å². The minimum atomic E-state index is -1.56. The highest BCUT2D eigenvalue weighted by Gasteiger charge is 2.81. The zero-order chi connectivity index (χ0) is 39.0. The smallest absolute Gasteiger partial charge is 0.187 e.